The van der Waals surface area contributed by atoms with Crippen molar-refractivity contribution < 1.29 is 4.79 Å². The summed E-state index contributed by atoms with van der Waals surface area (Å²) in [6, 6.07) is 6.99. The Labute approximate surface area is 110 Å². The number of pyridine rings is 2. The van der Waals surface area contributed by atoms with E-state index in [0.29, 0.717) is 11.3 Å². The average molecular weight is 257 g/mol. The van der Waals surface area contributed by atoms with E-state index in [4.69, 9.17) is 0 Å². The van der Waals surface area contributed by atoms with Gasteiger partial charge in [0.25, 0.3) is 11.5 Å². The molecule has 5 nitrogen and oxygen atoms in total. The summed E-state index contributed by atoms with van der Waals surface area (Å²) in [7, 11) is 0. The highest BCUT2D eigenvalue weighted by atomic mass is 16.2. The molecule has 0 aliphatic carbocycles. The third-order valence-corrected chi connectivity index (χ3v) is 2.82. The number of carbonyl (C=O) groups excluding carboxylic acids is 1. The van der Waals surface area contributed by atoms with Crippen molar-refractivity contribution in [3.05, 3.63) is 63.3 Å². The molecule has 2 aromatic heterocycles. The van der Waals surface area contributed by atoms with Gasteiger partial charge in [0.1, 0.15) is 5.69 Å². The zero-order valence-corrected chi connectivity index (χ0v) is 10.9. The number of hydrogen-bond acceptors (Lipinski definition) is 3. The number of amides is 1. The maximum Gasteiger partial charge on any atom is 0.270 e. The van der Waals surface area contributed by atoms with Crippen LogP contribution in [0.3, 0.4) is 0 Å². The van der Waals surface area contributed by atoms with E-state index < -0.39 is 0 Å². The molecule has 0 atom stereocenters. The minimum absolute atomic E-state index is 0.168. The molecule has 0 radical (unpaired) electrons. The highest BCUT2D eigenvalue weighted by Crippen LogP contribution is 2.03. The lowest BCUT2D eigenvalue weighted by Gasteiger charge is -2.07. The second-order valence-corrected chi connectivity index (χ2v) is 4.34. The number of rotatable bonds is 3. The van der Waals surface area contributed by atoms with E-state index in [1.165, 1.54) is 0 Å². The van der Waals surface area contributed by atoms with Gasteiger partial charge in [-0.3, -0.25) is 14.6 Å². The molecule has 0 saturated heterocycles. The number of aromatic amines is 1. The Bertz CT molecular complexity index is 647. The van der Waals surface area contributed by atoms with E-state index in [1.54, 1.807) is 24.4 Å². The van der Waals surface area contributed by atoms with Gasteiger partial charge in [-0.05, 0) is 37.6 Å². The van der Waals surface area contributed by atoms with Gasteiger partial charge in [0.05, 0.1) is 0 Å². The summed E-state index contributed by atoms with van der Waals surface area (Å²) >= 11 is 0. The van der Waals surface area contributed by atoms with Crippen LogP contribution in [0, 0.1) is 13.8 Å². The van der Waals surface area contributed by atoms with Crippen LogP contribution in [0.4, 0.5) is 0 Å². The zero-order valence-electron chi connectivity index (χ0n) is 10.9. The lowest BCUT2D eigenvalue weighted by Crippen LogP contribution is -2.28. The summed E-state index contributed by atoms with van der Waals surface area (Å²) in [4.78, 5) is 30.3. The number of aryl methyl sites for hydroxylation is 2. The van der Waals surface area contributed by atoms with Crippen molar-refractivity contribution in [3.8, 4) is 0 Å². The number of nitrogens with one attached hydrogen (secondary N) is 2. The summed E-state index contributed by atoms with van der Waals surface area (Å²) in [5.41, 5.74) is 2.40. The highest BCUT2D eigenvalue weighted by Gasteiger charge is 2.09. The molecule has 0 spiro atoms. The van der Waals surface area contributed by atoms with Crippen molar-refractivity contribution in [2.45, 2.75) is 20.4 Å². The third-order valence-electron chi connectivity index (χ3n) is 2.82. The minimum Gasteiger partial charge on any atom is -0.346 e. The fraction of sp³-hybridized carbons (Fsp3) is 0.214. The maximum absolute atomic E-state index is 11.8. The van der Waals surface area contributed by atoms with Gasteiger partial charge in [0.2, 0.25) is 0 Å². The van der Waals surface area contributed by atoms with Crippen LogP contribution in [0.15, 0.2) is 35.3 Å². The minimum atomic E-state index is -0.292. The van der Waals surface area contributed by atoms with Crippen LogP contribution in [0.25, 0.3) is 0 Å². The SMILES string of the molecule is Cc1cc(C)c(CNC(=O)c2ccccn2)c(=O)[nH]1. The van der Waals surface area contributed by atoms with Gasteiger partial charge in [-0.15, -0.1) is 0 Å². The molecule has 0 fully saturated rings. The Hall–Kier alpha value is -2.43. The first-order chi connectivity index (χ1) is 9.08. The summed E-state index contributed by atoms with van der Waals surface area (Å²) in [5, 5.41) is 2.69. The summed E-state index contributed by atoms with van der Waals surface area (Å²) in [6.07, 6.45) is 1.55. The van der Waals surface area contributed by atoms with E-state index in [-0.39, 0.29) is 18.0 Å². The first-order valence-electron chi connectivity index (χ1n) is 5.96. The number of nitrogens with zero attached hydrogens (tertiary/aromatic N) is 1. The number of hydrogen-bond donors (Lipinski definition) is 2. The van der Waals surface area contributed by atoms with Crippen LogP contribution in [0.5, 0.6) is 0 Å². The number of aromatic nitrogens is 2. The first-order valence-corrected chi connectivity index (χ1v) is 5.96. The Morgan fingerprint density at radius 2 is 2.16 bits per heavy atom. The molecule has 0 bridgehead atoms. The van der Waals surface area contributed by atoms with E-state index in [9.17, 15) is 9.59 Å². The maximum atomic E-state index is 11.8. The zero-order chi connectivity index (χ0) is 13.8. The van der Waals surface area contributed by atoms with Crippen LogP contribution in [-0.2, 0) is 6.54 Å². The molecule has 0 aromatic carbocycles. The molecule has 0 unspecified atom stereocenters. The van der Waals surface area contributed by atoms with Gasteiger partial charge in [0, 0.05) is 24.0 Å². The summed E-state index contributed by atoms with van der Waals surface area (Å²) in [5.74, 6) is -0.292. The van der Waals surface area contributed by atoms with Crippen LogP contribution in [-0.4, -0.2) is 15.9 Å². The molecule has 1 amide bonds. The predicted molar refractivity (Wildman–Crippen MR) is 71.9 cm³/mol. The fourth-order valence-corrected chi connectivity index (χ4v) is 1.86. The average Bonchev–Trinajstić information content (AvgIpc) is 2.38. The lowest BCUT2D eigenvalue weighted by atomic mass is 10.1. The normalized spacial score (nSPS) is 10.2. The van der Waals surface area contributed by atoms with Crippen molar-refractivity contribution in [1.82, 2.24) is 15.3 Å². The van der Waals surface area contributed by atoms with Crippen molar-refractivity contribution in [2.24, 2.45) is 0 Å². The van der Waals surface area contributed by atoms with Crippen molar-refractivity contribution in [1.29, 1.82) is 0 Å². The highest BCUT2D eigenvalue weighted by molar-refractivity contribution is 5.92. The Balaban J connectivity index is 2.12. The molecule has 0 aliphatic heterocycles. The van der Waals surface area contributed by atoms with Crippen molar-refractivity contribution >= 4 is 5.91 Å². The molecular weight excluding hydrogens is 242 g/mol. The van der Waals surface area contributed by atoms with Gasteiger partial charge in [-0.25, -0.2) is 0 Å². The molecule has 2 N–H and O–H groups in total. The van der Waals surface area contributed by atoms with Gasteiger partial charge < -0.3 is 10.3 Å². The standard InChI is InChI=1S/C14H15N3O2/c1-9-7-10(2)17-13(18)11(9)8-16-14(19)12-5-3-4-6-15-12/h3-7H,8H2,1-2H3,(H,16,19)(H,17,18). The lowest BCUT2D eigenvalue weighted by molar-refractivity contribution is 0.0946. The largest absolute Gasteiger partial charge is 0.346 e. The van der Waals surface area contributed by atoms with Crippen LogP contribution >= 0.6 is 0 Å². The van der Waals surface area contributed by atoms with Crippen LogP contribution in [0.2, 0.25) is 0 Å². The second kappa shape index (κ2) is 5.48. The Morgan fingerprint density at radius 3 is 2.79 bits per heavy atom. The number of H-pyrrole nitrogens is 1. The smallest absolute Gasteiger partial charge is 0.270 e. The van der Waals surface area contributed by atoms with Crippen LogP contribution < -0.4 is 10.9 Å². The van der Waals surface area contributed by atoms with Crippen molar-refractivity contribution in [2.75, 3.05) is 0 Å². The summed E-state index contributed by atoms with van der Waals surface area (Å²) in [6.45, 7) is 3.87. The molecule has 2 aromatic rings. The van der Waals surface area contributed by atoms with Gasteiger partial charge in [0.15, 0.2) is 0 Å². The molecule has 0 aliphatic rings. The van der Waals surface area contributed by atoms with E-state index in [1.807, 2.05) is 19.9 Å². The molecule has 2 heterocycles. The Morgan fingerprint density at radius 1 is 1.37 bits per heavy atom. The number of carbonyl (C=O) groups is 1. The van der Waals surface area contributed by atoms with Crippen LogP contribution in [0.1, 0.15) is 27.3 Å². The molecule has 5 heteroatoms. The predicted octanol–water partition coefficient (Wildman–Crippen LogP) is 1.32. The fourth-order valence-electron chi connectivity index (χ4n) is 1.86. The molecule has 0 saturated carbocycles. The topological polar surface area (TPSA) is 74.8 Å². The van der Waals surface area contributed by atoms with Gasteiger partial charge in [-0.2, -0.15) is 0 Å². The second-order valence-electron chi connectivity index (χ2n) is 4.34. The quantitative estimate of drug-likeness (QED) is 0.870. The van der Waals surface area contributed by atoms with E-state index >= 15 is 0 Å². The first kappa shape index (κ1) is 13.0. The third kappa shape index (κ3) is 3.07. The monoisotopic (exact) mass is 257 g/mol. The van der Waals surface area contributed by atoms with E-state index in [2.05, 4.69) is 15.3 Å². The van der Waals surface area contributed by atoms with Gasteiger partial charge >= 0.3 is 0 Å². The van der Waals surface area contributed by atoms with E-state index in [0.717, 1.165) is 11.3 Å². The molecular formula is C14H15N3O2. The molecule has 2 rings (SSSR count). The van der Waals surface area contributed by atoms with Crippen molar-refractivity contribution in [3.63, 3.8) is 0 Å². The Kier molecular flexibility index (Phi) is 3.75. The van der Waals surface area contributed by atoms with Gasteiger partial charge in [-0.1, -0.05) is 6.07 Å². The molecule has 98 valence electrons. The summed E-state index contributed by atoms with van der Waals surface area (Å²) < 4.78 is 0. The molecule has 19 heavy (non-hydrogen) atoms.